The van der Waals surface area contributed by atoms with Crippen molar-refractivity contribution in [1.82, 2.24) is 4.98 Å². The van der Waals surface area contributed by atoms with Gasteiger partial charge >= 0.3 is 6.03 Å². The van der Waals surface area contributed by atoms with E-state index >= 15 is 0 Å². The van der Waals surface area contributed by atoms with E-state index in [4.69, 9.17) is 9.88 Å². The molecule has 0 atom stereocenters. The quantitative estimate of drug-likeness (QED) is 0.564. The summed E-state index contributed by atoms with van der Waals surface area (Å²) in [5.74, 6) is -0.339. The molecule has 0 aliphatic carbocycles. The number of nitrogens with zero attached hydrogens (tertiary/aromatic N) is 3. The first kappa shape index (κ1) is 23.3. The van der Waals surface area contributed by atoms with Crippen LogP contribution < -0.4 is 14.9 Å². The highest BCUT2D eigenvalue weighted by atomic mass is 32.2. The number of methoxy groups -OCH3 is 1. The van der Waals surface area contributed by atoms with Crippen molar-refractivity contribution in [3.8, 4) is 11.1 Å². The number of aromatic nitrogens is 1. The summed E-state index contributed by atoms with van der Waals surface area (Å²) in [6.07, 6.45) is 0.679. The van der Waals surface area contributed by atoms with E-state index in [2.05, 4.69) is 4.98 Å². The van der Waals surface area contributed by atoms with Crippen LogP contribution in [0.3, 0.4) is 0 Å². The molecule has 0 unspecified atom stereocenters. The number of aryl methyl sites for hydroxylation is 1. The van der Waals surface area contributed by atoms with E-state index < -0.39 is 10.0 Å². The van der Waals surface area contributed by atoms with Gasteiger partial charge in [0.15, 0.2) is 9.34 Å². The first-order chi connectivity index (χ1) is 15.7. The molecule has 2 amide bonds. The van der Waals surface area contributed by atoms with E-state index in [1.54, 1.807) is 37.1 Å². The average Bonchev–Trinajstić information content (AvgIpc) is 3.17. The lowest BCUT2D eigenvalue weighted by Gasteiger charge is -2.34. The van der Waals surface area contributed by atoms with Crippen LogP contribution in [0.15, 0.2) is 46.7 Å². The number of rotatable bonds is 6. The minimum atomic E-state index is -3.91. The molecule has 2 N–H and O–H groups in total. The van der Waals surface area contributed by atoms with E-state index in [1.807, 2.05) is 12.1 Å². The molecule has 174 valence electrons. The molecule has 3 aromatic rings. The minimum Gasteiger partial charge on any atom is -0.380 e. The average molecular weight is 491 g/mol. The van der Waals surface area contributed by atoms with Gasteiger partial charge < -0.3 is 4.74 Å². The molecule has 33 heavy (non-hydrogen) atoms. The number of amides is 2. The predicted molar refractivity (Wildman–Crippen MR) is 125 cm³/mol. The number of carbonyl (C=O) groups is 1. The summed E-state index contributed by atoms with van der Waals surface area (Å²) in [6, 6.07) is 11.5. The van der Waals surface area contributed by atoms with E-state index in [-0.39, 0.29) is 21.8 Å². The van der Waals surface area contributed by atoms with Crippen molar-refractivity contribution in [3.05, 3.63) is 59.5 Å². The molecule has 4 rings (SSSR count). The Morgan fingerprint density at radius 1 is 1.15 bits per heavy atom. The van der Waals surface area contributed by atoms with Crippen LogP contribution in [-0.4, -0.2) is 39.6 Å². The number of benzene rings is 2. The van der Waals surface area contributed by atoms with Crippen LogP contribution in [0.5, 0.6) is 0 Å². The second-order valence-electron chi connectivity index (χ2n) is 7.64. The molecule has 2 aromatic carbocycles. The molecule has 8 nitrogen and oxygen atoms in total. The van der Waals surface area contributed by atoms with Crippen LogP contribution >= 0.6 is 11.3 Å². The second-order valence-corrected chi connectivity index (χ2v) is 10.4. The number of nitrogens with two attached hydrogens (primary N) is 1. The first-order valence-electron chi connectivity index (χ1n) is 10.2. The molecule has 11 heteroatoms. The molecule has 0 bridgehead atoms. The Bertz CT molecular complexity index is 1290. The number of halogens is 1. The van der Waals surface area contributed by atoms with Gasteiger partial charge in [-0.2, -0.15) is 0 Å². The van der Waals surface area contributed by atoms with Gasteiger partial charge in [-0.05, 0) is 54.3 Å². The Hall–Kier alpha value is -2.86. The molecular formula is C22H23FN4O4S2. The topological polar surface area (TPSA) is 106 Å². The molecule has 0 saturated carbocycles. The number of hydrogen-bond donors (Lipinski definition) is 1. The first-order valence-corrected chi connectivity index (χ1v) is 12.5. The predicted octanol–water partition coefficient (Wildman–Crippen LogP) is 3.89. The minimum absolute atomic E-state index is 0.0475. The fraction of sp³-hybridized carbons (Fsp3) is 0.273. The zero-order valence-corrected chi connectivity index (χ0v) is 19.7. The molecule has 1 aromatic heterocycles. The molecule has 0 spiro atoms. The van der Waals surface area contributed by atoms with Gasteiger partial charge in [0.05, 0.1) is 12.3 Å². The molecule has 1 aliphatic heterocycles. The number of ether oxygens (including phenoxy) is 1. The van der Waals surface area contributed by atoms with Crippen LogP contribution in [0.4, 0.5) is 20.0 Å². The molecule has 1 saturated heterocycles. The number of hydrogen-bond acceptors (Lipinski definition) is 6. The maximum Gasteiger partial charge on any atom is 0.330 e. The number of thiazole rings is 1. The van der Waals surface area contributed by atoms with Gasteiger partial charge in [-0.3, -0.25) is 9.80 Å². The third-order valence-electron chi connectivity index (χ3n) is 5.32. The summed E-state index contributed by atoms with van der Waals surface area (Å²) in [7, 11) is -2.32. The summed E-state index contributed by atoms with van der Waals surface area (Å²) in [5, 5.41) is 5.55. The Labute approximate surface area is 195 Å². The van der Waals surface area contributed by atoms with Gasteiger partial charge in [-0.15, -0.1) is 0 Å². The van der Waals surface area contributed by atoms with Crippen molar-refractivity contribution in [2.24, 2.45) is 5.14 Å². The van der Waals surface area contributed by atoms with Crippen molar-refractivity contribution in [2.75, 3.05) is 30.0 Å². The monoisotopic (exact) mass is 490 g/mol. The lowest BCUT2D eigenvalue weighted by Crippen LogP contribution is -2.49. The number of carbonyl (C=O) groups excluding carboxylic acids is 1. The summed E-state index contributed by atoms with van der Waals surface area (Å²) in [5.41, 5.74) is 3.34. The van der Waals surface area contributed by atoms with Gasteiger partial charge in [0.2, 0.25) is 10.0 Å². The van der Waals surface area contributed by atoms with E-state index in [1.165, 1.54) is 17.0 Å². The fourth-order valence-corrected chi connectivity index (χ4v) is 5.78. The molecule has 1 fully saturated rings. The number of urea groups is 1. The third-order valence-corrected chi connectivity index (χ3v) is 8.05. The van der Waals surface area contributed by atoms with Crippen molar-refractivity contribution in [1.29, 1.82) is 0 Å². The Balaban J connectivity index is 1.60. The van der Waals surface area contributed by atoms with Crippen LogP contribution in [0.2, 0.25) is 0 Å². The van der Waals surface area contributed by atoms with Gasteiger partial charge in [0, 0.05) is 25.9 Å². The van der Waals surface area contributed by atoms with Crippen LogP contribution in [0, 0.1) is 12.7 Å². The second kappa shape index (κ2) is 9.18. The zero-order chi connectivity index (χ0) is 23.8. The van der Waals surface area contributed by atoms with Gasteiger partial charge in [0.1, 0.15) is 5.82 Å². The Kier molecular flexibility index (Phi) is 6.48. The van der Waals surface area contributed by atoms with Crippen molar-refractivity contribution < 1.29 is 22.3 Å². The van der Waals surface area contributed by atoms with Crippen LogP contribution in [0.25, 0.3) is 11.1 Å². The maximum absolute atomic E-state index is 13.9. The van der Waals surface area contributed by atoms with Gasteiger partial charge in [-0.1, -0.05) is 29.5 Å². The summed E-state index contributed by atoms with van der Waals surface area (Å²) in [4.78, 5) is 20.5. The van der Waals surface area contributed by atoms with E-state index in [0.29, 0.717) is 36.9 Å². The maximum atomic E-state index is 13.9. The Morgan fingerprint density at radius 2 is 1.85 bits per heavy atom. The Morgan fingerprint density at radius 3 is 2.48 bits per heavy atom. The lowest BCUT2D eigenvalue weighted by atomic mass is 9.99. The van der Waals surface area contributed by atoms with Gasteiger partial charge in [0.25, 0.3) is 0 Å². The summed E-state index contributed by atoms with van der Waals surface area (Å²) < 4.78 is 42.5. The largest absolute Gasteiger partial charge is 0.380 e. The summed E-state index contributed by atoms with van der Waals surface area (Å²) >= 11 is 0.888. The molecule has 0 radical (unpaired) electrons. The number of sulfonamides is 1. The SMILES string of the molecule is COCc1ccc(F)cc1-c1ccc(N2CCCN(c3nc(C)c(S(N)(=O)=O)s3)C2=O)cc1. The highest BCUT2D eigenvalue weighted by Gasteiger charge is 2.31. The number of anilines is 2. The van der Waals surface area contributed by atoms with Crippen molar-refractivity contribution >= 4 is 38.2 Å². The van der Waals surface area contributed by atoms with E-state index in [9.17, 15) is 17.6 Å². The number of primary sulfonamides is 1. The van der Waals surface area contributed by atoms with E-state index in [0.717, 1.165) is 28.0 Å². The van der Waals surface area contributed by atoms with Crippen molar-refractivity contribution in [2.45, 2.75) is 24.2 Å². The van der Waals surface area contributed by atoms with Crippen LogP contribution in [-0.2, 0) is 21.4 Å². The standard InChI is InChI=1S/C22H23FN4O4S2/c1-14-20(33(24,29)30)32-21(25-14)27-11-3-10-26(22(27)28)18-8-5-15(6-9-18)19-12-17(23)7-4-16(19)13-31-2/h4-9,12H,3,10-11,13H2,1-2H3,(H2,24,29,30). The fourth-order valence-electron chi connectivity index (χ4n) is 3.81. The zero-order valence-electron chi connectivity index (χ0n) is 18.1. The molecule has 1 aliphatic rings. The lowest BCUT2D eigenvalue weighted by molar-refractivity contribution is 0.185. The third kappa shape index (κ3) is 4.76. The highest BCUT2D eigenvalue weighted by molar-refractivity contribution is 7.91. The molecular weight excluding hydrogens is 467 g/mol. The normalized spacial score (nSPS) is 14.7. The van der Waals surface area contributed by atoms with Crippen molar-refractivity contribution in [3.63, 3.8) is 0 Å². The highest BCUT2D eigenvalue weighted by Crippen LogP contribution is 2.33. The van der Waals surface area contributed by atoms with Crippen LogP contribution in [0.1, 0.15) is 17.7 Å². The smallest absolute Gasteiger partial charge is 0.330 e. The summed E-state index contributed by atoms with van der Waals surface area (Å²) in [6.45, 7) is 2.84. The molecule has 2 heterocycles. The van der Waals surface area contributed by atoms with Gasteiger partial charge in [-0.25, -0.2) is 27.7 Å².